The molecule has 0 unspecified atom stereocenters. The summed E-state index contributed by atoms with van der Waals surface area (Å²) in [6, 6.07) is 10.7. The SMILES string of the molecule is CCNC(=NCCC(=O)N1CCN(c2ccccc2)CC1)NC1CCC(O)CC1.I. The van der Waals surface area contributed by atoms with Gasteiger partial charge in [-0.05, 0) is 44.7 Å². The van der Waals surface area contributed by atoms with Crippen molar-refractivity contribution in [3.63, 3.8) is 0 Å². The number of aliphatic hydroxyl groups excluding tert-OH is 1. The van der Waals surface area contributed by atoms with Gasteiger partial charge in [-0.25, -0.2) is 0 Å². The highest BCUT2D eigenvalue weighted by Gasteiger charge is 2.22. The first-order valence-electron chi connectivity index (χ1n) is 11.0. The zero-order valence-corrected chi connectivity index (χ0v) is 20.3. The zero-order valence-electron chi connectivity index (χ0n) is 17.9. The predicted molar refractivity (Wildman–Crippen MR) is 133 cm³/mol. The van der Waals surface area contributed by atoms with E-state index < -0.39 is 0 Å². The van der Waals surface area contributed by atoms with E-state index in [1.807, 2.05) is 17.9 Å². The lowest BCUT2D eigenvalue weighted by Crippen LogP contribution is -2.49. The number of hydrogen-bond donors (Lipinski definition) is 3. The number of aliphatic imine (C=N–C) groups is 1. The van der Waals surface area contributed by atoms with Crippen molar-refractivity contribution < 1.29 is 9.90 Å². The minimum atomic E-state index is -0.160. The normalized spacial score (nSPS) is 22.3. The van der Waals surface area contributed by atoms with Crippen molar-refractivity contribution in [2.45, 2.75) is 51.2 Å². The van der Waals surface area contributed by atoms with Gasteiger partial charge in [0.25, 0.3) is 0 Å². The second-order valence-electron chi connectivity index (χ2n) is 7.86. The second kappa shape index (κ2) is 13.0. The zero-order chi connectivity index (χ0) is 20.5. The Balaban J connectivity index is 0.00000320. The van der Waals surface area contributed by atoms with Crippen LogP contribution in [-0.4, -0.2) is 73.3 Å². The van der Waals surface area contributed by atoms with Crippen molar-refractivity contribution in [2.24, 2.45) is 4.99 Å². The number of halogens is 1. The molecule has 168 valence electrons. The Kier molecular flexibility index (Phi) is 10.7. The molecule has 1 heterocycles. The summed E-state index contributed by atoms with van der Waals surface area (Å²) in [5.74, 6) is 0.952. The summed E-state index contributed by atoms with van der Waals surface area (Å²) in [6.45, 7) is 6.59. The number of hydrogen-bond acceptors (Lipinski definition) is 4. The fourth-order valence-corrected chi connectivity index (χ4v) is 4.01. The lowest BCUT2D eigenvalue weighted by atomic mass is 9.93. The van der Waals surface area contributed by atoms with Crippen LogP contribution in [0, 0.1) is 0 Å². The molecule has 1 aromatic rings. The summed E-state index contributed by atoms with van der Waals surface area (Å²) in [6.07, 6.45) is 3.86. The van der Waals surface area contributed by atoms with Gasteiger partial charge in [0.2, 0.25) is 5.91 Å². The molecule has 2 aliphatic rings. The van der Waals surface area contributed by atoms with Crippen molar-refractivity contribution in [3.05, 3.63) is 30.3 Å². The molecule has 0 bridgehead atoms. The Hall–Kier alpha value is -1.55. The first-order valence-corrected chi connectivity index (χ1v) is 11.0. The lowest BCUT2D eigenvalue weighted by Gasteiger charge is -2.36. The highest BCUT2D eigenvalue weighted by atomic mass is 127. The quantitative estimate of drug-likeness (QED) is 0.299. The fourth-order valence-electron chi connectivity index (χ4n) is 4.01. The number of anilines is 1. The number of guanidine groups is 1. The van der Waals surface area contributed by atoms with Crippen molar-refractivity contribution in [2.75, 3.05) is 44.2 Å². The summed E-state index contributed by atoms with van der Waals surface area (Å²) in [4.78, 5) is 21.5. The van der Waals surface area contributed by atoms with Crippen LogP contribution in [0.3, 0.4) is 0 Å². The molecule has 30 heavy (non-hydrogen) atoms. The molecule has 1 saturated heterocycles. The molecule has 1 aliphatic heterocycles. The molecule has 3 N–H and O–H groups in total. The number of nitrogens with zero attached hydrogens (tertiary/aromatic N) is 3. The highest BCUT2D eigenvalue weighted by Crippen LogP contribution is 2.18. The maximum Gasteiger partial charge on any atom is 0.224 e. The fraction of sp³-hybridized carbons (Fsp3) is 0.636. The monoisotopic (exact) mass is 529 g/mol. The Morgan fingerprint density at radius 3 is 2.40 bits per heavy atom. The number of nitrogens with one attached hydrogen (secondary N) is 2. The van der Waals surface area contributed by atoms with E-state index in [9.17, 15) is 9.90 Å². The number of aliphatic hydroxyl groups is 1. The largest absolute Gasteiger partial charge is 0.393 e. The van der Waals surface area contributed by atoms with E-state index in [0.717, 1.165) is 64.4 Å². The van der Waals surface area contributed by atoms with Gasteiger partial charge in [0.1, 0.15) is 0 Å². The van der Waals surface area contributed by atoms with E-state index in [0.29, 0.717) is 19.0 Å². The van der Waals surface area contributed by atoms with Gasteiger partial charge in [-0.15, -0.1) is 24.0 Å². The first kappa shape index (κ1) is 24.7. The van der Waals surface area contributed by atoms with E-state index in [2.05, 4.69) is 44.8 Å². The van der Waals surface area contributed by atoms with Crippen molar-refractivity contribution in [1.82, 2.24) is 15.5 Å². The van der Waals surface area contributed by atoms with Crippen LogP contribution in [0.15, 0.2) is 35.3 Å². The number of benzene rings is 1. The van der Waals surface area contributed by atoms with E-state index in [4.69, 9.17) is 0 Å². The lowest BCUT2D eigenvalue weighted by molar-refractivity contribution is -0.131. The van der Waals surface area contributed by atoms with E-state index in [-0.39, 0.29) is 36.0 Å². The average molecular weight is 529 g/mol. The molecule has 0 atom stereocenters. The maximum absolute atomic E-state index is 12.6. The standard InChI is InChI=1S/C22H35N5O2.HI/c1-2-23-22(25-18-8-10-20(28)11-9-18)24-13-12-21(29)27-16-14-26(15-17-27)19-6-4-3-5-7-19;/h3-7,18,20,28H,2,8-17H2,1H3,(H2,23,24,25);1H. The van der Waals surface area contributed by atoms with Crippen LogP contribution in [0.2, 0.25) is 0 Å². The molecule has 8 heteroatoms. The van der Waals surface area contributed by atoms with Gasteiger partial charge in [-0.1, -0.05) is 18.2 Å². The van der Waals surface area contributed by atoms with Crippen molar-refractivity contribution in [1.29, 1.82) is 0 Å². The first-order chi connectivity index (χ1) is 14.2. The van der Waals surface area contributed by atoms with Gasteiger partial charge in [0, 0.05) is 50.9 Å². The van der Waals surface area contributed by atoms with Gasteiger partial charge in [-0.3, -0.25) is 9.79 Å². The molecule has 1 aromatic carbocycles. The molecule has 1 saturated carbocycles. The van der Waals surface area contributed by atoms with Crippen LogP contribution in [0.25, 0.3) is 0 Å². The molecule has 0 spiro atoms. The molecule has 1 aliphatic carbocycles. The average Bonchev–Trinajstić information content (AvgIpc) is 2.76. The van der Waals surface area contributed by atoms with Gasteiger partial charge in [0.15, 0.2) is 5.96 Å². The molecule has 0 radical (unpaired) electrons. The number of carbonyl (C=O) groups excluding carboxylic acids is 1. The number of para-hydroxylation sites is 1. The van der Waals surface area contributed by atoms with Crippen molar-refractivity contribution >= 4 is 41.5 Å². The van der Waals surface area contributed by atoms with Crippen LogP contribution in [0.5, 0.6) is 0 Å². The van der Waals surface area contributed by atoms with Gasteiger partial charge >= 0.3 is 0 Å². The second-order valence-corrected chi connectivity index (χ2v) is 7.86. The highest BCUT2D eigenvalue weighted by molar-refractivity contribution is 14.0. The predicted octanol–water partition coefficient (Wildman–Crippen LogP) is 2.20. The number of carbonyl (C=O) groups is 1. The Morgan fingerprint density at radius 1 is 1.10 bits per heavy atom. The topological polar surface area (TPSA) is 80.2 Å². The molecule has 7 nitrogen and oxygen atoms in total. The van der Waals surface area contributed by atoms with Crippen LogP contribution >= 0.6 is 24.0 Å². The van der Waals surface area contributed by atoms with Crippen molar-refractivity contribution in [3.8, 4) is 0 Å². The van der Waals surface area contributed by atoms with Gasteiger partial charge in [0.05, 0.1) is 12.6 Å². The number of amides is 1. The maximum atomic E-state index is 12.6. The van der Waals surface area contributed by atoms with Gasteiger partial charge in [-0.2, -0.15) is 0 Å². The third kappa shape index (κ3) is 7.61. The molecule has 2 fully saturated rings. The molecular weight excluding hydrogens is 493 g/mol. The summed E-state index contributed by atoms with van der Waals surface area (Å²) in [5, 5.41) is 16.4. The smallest absolute Gasteiger partial charge is 0.224 e. The van der Waals surface area contributed by atoms with Crippen LogP contribution in [-0.2, 0) is 4.79 Å². The third-order valence-corrected chi connectivity index (χ3v) is 5.73. The van der Waals surface area contributed by atoms with Gasteiger partial charge < -0.3 is 25.5 Å². The van der Waals surface area contributed by atoms with E-state index in [1.165, 1.54) is 5.69 Å². The molecular formula is C22H36IN5O2. The Bertz CT molecular complexity index is 657. The Labute approximate surface area is 197 Å². The third-order valence-electron chi connectivity index (χ3n) is 5.73. The van der Waals surface area contributed by atoms with Crippen LogP contribution in [0.1, 0.15) is 39.0 Å². The molecule has 1 amide bonds. The van der Waals surface area contributed by atoms with E-state index >= 15 is 0 Å². The summed E-state index contributed by atoms with van der Waals surface area (Å²) < 4.78 is 0. The van der Waals surface area contributed by atoms with E-state index in [1.54, 1.807) is 0 Å². The minimum absolute atomic E-state index is 0. The summed E-state index contributed by atoms with van der Waals surface area (Å²) in [7, 11) is 0. The number of rotatable bonds is 6. The summed E-state index contributed by atoms with van der Waals surface area (Å²) in [5.41, 5.74) is 1.22. The molecule has 0 aromatic heterocycles. The minimum Gasteiger partial charge on any atom is -0.393 e. The number of piperazine rings is 1. The van der Waals surface area contributed by atoms with Crippen LogP contribution in [0.4, 0.5) is 5.69 Å². The van der Waals surface area contributed by atoms with Crippen LogP contribution < -0.4 is 15.5 Å². The molecule has 3 rings (SSSR count). The summed E-state index contributed by atoms with van der Waals surface area (Å²) >= 11 is 0. The Morgan fingerprint density at radius 2 is 1.77 bits per heavy atom.